The van der Waals surface area contributed by atoms with Crippen molar-refractivity contribution in [2.45, 2.75) is 51.5 Å². The van der Waals surface area contributed by atoms with E-state index in [1.54, 1.807) is 6.20 Å². The minimum absolute atomic E-state index is 0.0647. The third-order valence-corrected chi connectivity index (χ3v) is 7.33. The van der Waals surface area contributed by atoms with Crippen molar-refractivity contribution in [3.63, 3.8) is 0 Å². The molecule has 35 heavy (non-hydrogen) atoms. The summed E-state index contributed by atoms with van der Waals surface area (Å²) in [6.45, 7) is 1.51. The maximum absolute atomic E-state index is 14.1. The molecule has 3 aromatic rings. The van der Waals surface area contributed by atoms with Crippen LogP contribution >= 0.6 is 11.6 Å². The SMILES string of the molecule is CC(=O)c1cnc2ccc(-c3cc(F)c(O)c(Cl)c3)cc2c1NC1=CCC(C2CCCCC2)N=C1. The summed E-state index contributed by atoms with van der Waals surface area (Å²) in [6.07, 6.45) is 12.9. The summed E-state index contributed by atoms with van der Waals surface area (Å²) in [4.78, 5) is 21.8. The summed E-state index contributed by atoms with van der Waals surface area (Å²) in [7, 11) is 0. The number of dihydropyridines is 1. The van der Waals surface area contributed by atoms with Gasteiger partial charge < -0.3 is 10.4 Å². The average Bonchev–Trinajstić information content (AvgIpc) is 2.87. The van der Waals surface area contributed by atoms with E-state index in [4.69, 9.17) is 16.6 Å². The molecule has 1 aromatic heterocycles. The summed E-state index contributed by atoms with van der Waals surface area (Å²) in [5, 5.41) is 13.8. The van der Waals surface area contributed by atoms with Gasteiger partial charge in [0.2, 0.25) is 0 Å². The van der Waals surface area contributed by atoms with Gasteiger partial charge >= 0.3 is 0 Å². The van der Waals surface area contributed by atoms with E-state index in [1.807, 2.05) is 24.4 Å². The summed E-state index contributed by atoms with van der Waals surface area (Å²) in [6, 6.07) is 8.55. The predicted octanol–water partition coefficient (Wildman–Crippen LogP) is 7.32. The van der Waals surface area contributed by atoms with Crippen LogP contribution in [0.1, 0.15) is 55.8 Å². The number of ketones is 1. The molecule has 0 saturated heterocycles. The van der Waals surface area contributed by atoms with E-state index in [2.05, 4.69) is 16.4 Å². The quantitative estimate of drug-likeness (QED) is 0.366. The monoisotopic (exact) mass is 491 g/mol. The fourth-order valence-corrected chi connectivity index (χ4v) is 5.31. The summed E-state index contributed by atoms with van der Waals surface area (Å²) >= 11 is 6.00. The number of hydrogen-bond donors (Lipinski definition) is 2. The Kier molecular flexibility index (Phi) is 6.56. The molecule has 1 saturated carbocycles. The van der Waals surface area contributed by atoms with Crippen LogP contribution in [0.25, 0.3) is 22.0 Å². The molecule has 2 N–H and O–H groups in total. The van der Waals surface area contributed by atoms with E-state index in [1.165, 1.54) is 51.2 Å². The number of hydrogen-bond acceptors (Lipinski definition) is 5. The zero-order valence-corrected chi connectivity index (χ0v) is 20.3. The molecule has 2 aliphatic rings. The standard InChI is InChI=1S/C28H27ClFN3O2/c1-16(34)22-15-32-26-9-7-18(19-12-23(29)28(35)24(30)13-19)11-21(26)27(22)33-20-8-10-25(31-14-20)17-5-3-2-4-6-17/h7-9,11-15,17,25,35H,2-6,10H2,1H3,(H,32,33). The number of benzene rings is 2. The van der Waals surface area contributed by atoms with Gasteiger partial charge in [-0.3, -0.25) is 14.8 Å². The number of carbonyl (C=O) groups is 1. The van der Waals surface area contributed by atoms with Crippen molar-refractivity contribution in [1.29, 1.82) is 0 Å². The highest BCUT2D eigenvalue weighted by molar-refractivity contribution is 6.32. The van der Waals surface area contributed by atoms with Gasteiger partial charge in [0.05, 0.1) is 33.5 Å². The van der Waals surface area contributed by atoms with Gasteiger partial charge in [0, 0.05) is 17.8 Å². The van der Waals surface area contributed by atoms with Crippen LogP contribution in [0.15, 0.2) is 53.3 Å². The Bertz CT molecular complexity index is 1340. The first-order valence-electron chi connectivity index (χ1n) is 12.0. The third-order valence-electron chi connectivity index (χ3n) is 7.05. The second-order valence-corrected chi connectivity index (χ2v) is 9.79. The number of halogens is 2. The first-order valence-corrected chi connectivity index (χ1v) is 12.4. The van der Waals surface area contributed by atoms with E-state index in [9.17, 15) is 14.3 Å². The highest BCUT2D eigenvalue weighted by Crippen LogP contribution is 2.36. The van der Waals surface area contributed by atoms with Crippen molar-refractivity contribution in [2.24, 2.45) is 10.9 Å². The van der Waals surface area contributed by atoms with Gasteiger partial charge in [-0.25, -0.2) is 4.39 Å². The van der Waals surface area contributed by atoms with E-state index in [-0.39, 0.29) is 10.8 Å². The second-order valence-electron chi connectivity index (χ2n) is 9.39. The lowest BCUT2D eigenvalue weighted by molar-refractivity contribution is 0.101. The Labute approximate surface area is 208 Å². The number of anilines is 1. The molecular weight excluding hydrogens is 465 g/mol. The molecule has 1 aliphatic heterocycles. The zero-order chi connectivity index (χ0) is 24.5. The van der Waals surface area contributed by atoms with Gasteiger partial charge in [-0.2, -0.15) is 0 Å². The van der Waals surface area contributed by atoms with Gasteiger partial charge in [-0.15, -0.1) is 0 Å². The second kappa shape index (κ2) is 9.78. The van der Waals surface area contributed by atoms with E-state index in [0.29, 0.717) is 39.9 Å². The third kappa shape index (κ3) is 4.80. The van der Waals surface area contributed by atoms with Gasteiger partial charge in [-0.1, -0.05) is 43.0 Å². The number of nitrogens with one attached hydrogen (secondary N) is 1. The molecule has 1 fully saturated rings. The van der Waals surface area contributed by atoms with Crippen LogP contribution in [0.5, 0.6) is 5.75 Å². The number of allylic oxidation sites excluding steroid dienone is 1. The fraction of sp³-hybridized carbons (Fsp3) is 0.321. The van der Waals surface area contributed by atoms with E-state index < -0.39 is 11.6 Å². The highest BCUT2D eigenvalue weighted by Gasteiger charge is 2.24. The Morgan fingerprint density at radius 1 is 1.14 bits per heavy atom. The van der Waals surface area contributed by atoms with Crippen molar-refractivity contribution in [2.75, 3.05) is 5.32 Å². The molecule has 7 heteroatoms. The van der Waals surface area contributed by atoms with Crippen LogP contribution < -0.4 is 5.32 Å². The van der Waals surface area contributed by atoms with Crippen LogP contribution in [-0.2, 0) is 0 Å². The lowest BCUT2D eigenvalue weighted by atomic mass is 9.82. The molecule has 5 nitrogen and oxygen atoms in total. The molecule has 1 atom stereocenters. The maximum Gasteiger partial charge on any atom is 0.170 e. The topological polar surface area (TPSA) is 74.6 Å². The molecule has 0 amide bonds. The highest BCUT2D eigenvalue weighted by atomic mass is 35.5. The average molecular weight is 492 g/mol. The largest absolute Gasteiger partial charge is 0.504 e. The van der Waals surface area contributed by atoms with Crippen molar-refractivity contribution in [3.8, 4) is 16.9 Å². The van der Waals surface area contributed by atoms with Gasteiger partial charge in [0.25, 0.3) is 0 Å². The number of phenols is 1. The number of aliphatic imine (C=N–C) groups is 1. The first kappa shape index (κ1) is 23.5. The van der Waals surface area contributed by atoms with Crippen LogP contribution in [0.3, 0.4) is 0 Å². The molecule has 2 aromatic carbocycles. The maximum atomic E-state index is 14.1. The summed E-state index contributed by atoms with van der Waals surface area (Å²) in [5.41, 5.74) is 3.85. The van der Waals surface area contributed by atoms with Crippen LogP contribution in [0, 0.1) is 11.7 Å². The number of aromatic hydroxyl groups is 1. The summed E-state index contributed by atoms with van der Waals surface area (Å²) in [5.74, 6) is -0.835. The van der Waals surface area contributed by atoms with Crippen molar-refractivity contribution in [3.05, 3.63) is 64.7 Å². The first-order chi connectivity index (χ1) is 16.9. The molecule has 5 rings (SSSR count). The number of rotatable bonds is 5. The van der Waals surface area contributed by atoms with Gasteiger partial charge in [0.1, 0.15) is 0 Å². The van der Waals surface area contributed by atoms with Gasteiger partial charge in [-0.05, 0) is 67.5 Å². The zero-order valence-electron chi connectivity index (χ0n) is 19.5. The number of aromatic nitrogens is 1. The fourth-order valence-electron chi connectivity index (χ4n) is 5.10. The number of carbonyl (C=O) groups excluding carboxylic acids is 1. The molecule has 180 valence electrons. The Balaban J connectivity index is 1.51. The van der Waals surface area contributed by atoms with Crippen molar-refractivity contribution in [1.82, 2.24) is 4.98 Å². The Hall–Kier alpha value is -3.25. The number of Topliss-reactive ketones (excluding diaryl/α,β-unsaturated/α-hetero) is 1. The number of nitrogens with zero attached hydrogens (tertiary/aromatic N) is 2. The van der Waals surface area contributed by atoms with E-state index >= 15 is 0 Å². The molecule has 0 spiro atoms. The van der Waals surface area contributed by atoms with Crippen LogP contribution in [-0.4, -0.2) is 28.1 Å². The predicted molar refractivity (Wildman–Crippen MR) is 139 cm³/mol. The minimum atomic E-state index is -0.794. The molecule has 2 heterocycles. The molecular formula is C28H27ClFN3O2. The van der Waals surface area contributed by atoms with Crippen LogP contribution in [0.4, 0.5) is 10.1 Å². The summed E-state index contributed by atoms with van der Waals surface area (Å²) < 4.78 is 14.1. The smallest absolute Gasteiger partial charge is 0.170 e. The number of fused-ring (bicyclic) bond motifs is 1. The lowest BCUT2D eigenvalue weighted by Crippen LogP contribution is -2.24. The lowest BCUT2D eigenvalue weighted by Gasteiger charge is -2.29. The van der Waals surface area contributed by atoms with Gasteiger partial charge in [0.15, 0.2) is 17.3 Å². The molecule has 1 aliphatic carbocycles. The molecule has 1 unspecified atom stereocenters. The van der Waals surface area contributed by atoms with Crippen LogP contribution in [0.2, 0.25) is 5.02 Å². The van der Waals surface area contributed by atoms with Crippen molar-refractivity contribution < 1.29 is 14.3 Å². The van der Waals surface area contributed by atoms with Crippen molar-refractivity contribution >= 4 is 40.2 Å². The Morgan fingerprint density at radius 2 is 1.94 bits per heavy atom. The minimum Gasteiger partial charge on any atom is -0.504 e. The number of pyridine rings is 1. The Morgan fingerprint density at radius 3 is 2.63 bits per heavy atom. The number of phenolic OH excluding ortho intramolecular Hbond substituents is 1. The van der Waals surface area contributed by atoms with E-state index in [0.717, 1.165) is 17.5 Å². The normalized spacial score (nSPS) is 18.5. The molecule has 0 radical (unpaired) electrons. The molecule has 0 bridgehead atoms.